The Balaban J connectivity index is 1.71. The van der Waals surface area contributed by atoms with E-state index in [2.05, 4.69) is 6.92 Å². The third-order valence-corrected chi connectivity index (χ3v) is 6.25. The van der Waals surface area contributed by atoms with Crippen LogP contribution in [0.1, 0.15) is 58.8 Å². The zero-order valence-corrected chi connectivity index (χ0v) is 18.8. The van der Waals surface area contributed by atoms with Gasteiger partial charge in [0.15, 0.2) is 5.78 Å². The maximum Gasteiger partial charge on any atom is 0.307 e. The van der Waals surface area contributed by atoms with Crippen molar-refractivity contribution in [3.05, 3.63) is 64.2 Å². The maximum absolute atomic E-state index is 12.9. The lowest BCUT2D eigenvalue weighted by Crippen LogP contribution is -2.24. The van der Waals surface area contributed by atoms with E-state index < -0.39 is 11.9 Å². The zero-order chi connectivity index (χ0) is 22.7. The SMILES string of the molecule is CCC1CC(=O)N(c2ccc(CC(CC(=O)c3c(C)cc(C)cc3C)C(=O)O)cc2)C1. The number of nitrogens with zero attached hydrogens (tertiary/aromatic N) is 1. The molecule has 5 heteroatoms. The summed E-state index contributed by atoms with van der Waals surface area (Å²) in [4.78, 5) is 38.8. The average molecular weight is 422 g/mol. The number of hydrogen-bond acceptors (Lipinski definition) is 3. The Hall–Kier alpha value is -2.95. The maximum atomic E-state index is 12.9. The van der Waals surface area contributed by atoms with E-state index in [-0.39, 0.29) is 24.5 Å². The van der Waals surface area contributed by atoms with Gasteiger partial charge in [-0.15, -0.1) is 0 Å². The molecule has 2 aromatic carbocycles. The minimum Gasteiger partial charge on any atom is -0.481 e. The number of aryl methyl sites for hydroxylation is 3. The van der Waals surface area contributed by atoms with Crippen molar-refractivity contribution in [1.29, 1.82) is 0 Å². The molecule has 1 heterocycles. The third kappa shape index (κ3) is 5.22. The molecule has 31 heavy (non-hydrogen) atoms. The number of rotatable bonds is 8. The minimum absolute atomic E-state index is 0.0371. The van der Waals surface area contributed by atoms with Crippen molar-refractivity contribution in [2.45, 2.75) is 53.4 Å². The standard InChI is InChI=1S/C26H31NO4/c1-5-19-13-24(29)27(15-19)22-8-6-20(7-9-22)12-21(26(30)31)14-23(28)25-17(3)10-16(2)11-18(25)4/h6-11,19,21H,5,12-15H2,1-4H3,(H,30,31). The van der Waals surface area contributed by atoms with Crippen LogP contribution in [0.3, 0.4) is 0 Å². The van der Waals surface area contributed by atoms with Crippen LogP contribution in [0.15, 0.2) is 36.4 Å². The van der Waals surface area contributed by atoms with E-state index >= 15 is 0 Å². The fourth-order valence-corrected chi connectivity index (χ4v) is 4.59. The van der Waals surface area contributed by atoms with Crippen LogP contribution in [0.5, 0.6) is 0 Å². The van der Waals surface area contributed by atoms with Gasteiger partial charge in [0.05, 0.1) is 5.92 Å². The molecule has 0 saturated carbocycles. The molecule has 0 spiro atoms. The van der Waals surface area contributed by atoms with Crippen molar-refractivity contribution in [2.24, 2.45) is 11.8 Å². The lowest BCUT2D eigenvalue weighted by Gasteiger charge is -2.18. The molecule has 1 aliphatic heterocycles. The number of carboxylic acid groups (broad SMARTS) is 1. The fraction of sp³-hybridized carbons (Fsp3) is 0.423. The number of benzene rings is 2. The molecule has 3 rings (SSSR count). The molecule has 1 fully saturated rings. The van der Waals surface area contributed by atoms with E-state index in [1.54, 1.807) is 4.90 Å². The third-order valence-electron chi connectivity index (χ3n) is 6.25. The summed E-state index contributed by atoms with van der Waals surface area (Å²) in [6.45, 7) is 8.60. The van der Waals surface area contributed by atoms with Gasteiger partial charge in [-0.3, -0.25) is 14.4 Å². The number of amides is 1. The highest BCUT2D eigenvalue weighted by Crippen LogP contribution is 2.28. The molecule has 1 amide bonds. The highest BCUT2D eigenvalue weighted by atomic mass is 16.4. The van der Waals surface area contributed by atoms with Crippen LogP contribution in [0, 0.1) is 32.6 Å². The highest BCUT2D eigenvalue weighted by Gasteiger charge is 2.29. The minimum atomic E-state index is -0.972. The molecule has 0 aromatic heterocycles. The van der Waals surface area contributed by atoms with Crippen LogP contribution >= 0.6 is 0 Å². The molecule has 0 aliphatic carbocycles. The monoisotopic (exact) mass is 421 g/mol. The number of Topliss-reactive ketones (excluding diaryl/α,β-unsaturated/α-hetero) is 1. The number of carboxylic acids is 1. The molecule has 5 nitrogen and oxygen atoms in total. The van der Waals surface area contributed by atoms with Crippen molar-refractivity contribution in [2.75, 3.05) is 11.4 Å². The quantitative estimate of drug-likeness (QED) is 0.616. The van der Waals surface area contributed by atoms with Crippen LogP contribution in [0.4, 0.5) is 5.69 Å². The molecule has 164 valence electrons. The summed E-state index contributed by atoms with van der Waals surface area (Å²) in [7, 11) is 0. The average Bonchev–Trinajstić information content (AvgIpc) is 3.08. The molecule has 2 aromatic rings. The number of ketones is 1. The summed E-state index contributed by atoms with van der Waals surface area (Å²) >= 11 is 0. The molecule has 1 saturated heterocycles. The van der Waals surface area contributed by atoms with Gasteiger partial charge in [-0.25, -0.2) is 0 Å². The molecule has 1 aliphatic rings. The summed E-state index contributed by atoms with van der Waals surface area (Å²) in [5.74, 6) is -1.37. The summed E-state index contributed by atoms with van der Waals surface area (Å²) in [5.41, 5.74) is 5.18. The van der Waals surface area contributed by atoms with Gasteiger partial charge in [-0.05, 0) is 61.9 Å². The Morgan fingerprint density at radius 2 is 1.71 bits per heavy atom. The van der Waals surface area contributed by atoms with Gasteiger partial charge in [0, 0.05) is 30.6 Å². The lowest BCUT2D eigenvalue weighted by molar-refractivity contribution is -0.141. The summed E-state index contributed by atoms with van der Waals surface area (Å²) in [6, 6.07) is 11.4. The molecule has 0 bridgehead atoms. The van der Waals surface area contributed by atoms with E-state index in [0.29, 0.717) is 17.9 Å². The Labute approximate surface area is 184 Å². The largest absolute Gasteiger partial charge is 0.481 e. The van der Waals surface area contributed by atoms with Crippen LogP contribution in [-0.4, -0.2) is 29.3 Å². The number of carbonyl (C=O) groups excluding carboxylic acids is 2. The van der Waals surface area contributed by atoms with Crippen molar-refractivity contribution < 1.29 is 19.5 Å². The van der Waals surface area contributed by atoms with Crippen molar-refractivity contribution in [3.63, 3.8) is 0 Å². The lowest BCUT2D eigenvalue weighted by atomic mass is 9.88. The molecular weight excluding hydrogens is 390 g/mol. The van der Waals surface area contributed by atoms with Gasteiger partial charge in [-0.2, -0.15) is 0 Å². The van der Waals surface area contributed by atoms with Crippen LogP contribution in [-0.2, 0) is 16.0 Å². The Morgan fingerprint density at radius 3 is 2.23 bits per heavy atom. The van der Waals surface area contributed by atoms with E-state index in [0.717, 1.165) is 40.9 Å². The van der Waals surface area contributed by atoms with Gasteiger partial charge in [0.2, 0.25) is 5.91 Å². The summed E-state index contributed by atoms with van der Waals surface area (Å²) in [5, 5.41) is 9.73. The Morgan fingerprint density at radius 1 is 1.10 bits per heavy atom. The zero-order valence-electron chi connectivity index (χ0n) is 18.8. The van der Waals surface area contributed by atoms with Gasteiger partial charge in [0.25, 0.3) is 0 Å². The van der Waals surface area contributed by atoms with Gasteiger partial charge in [-0.1, -0.05) is 43.2 Å². The first-order valence-corrected chi connectivity index (χ1v) is 10.9. The first-order valence-electron chi connectivity index (χ1n) is 10.9. The van der Waals surface area contributed by atoms with Gasteiger partial charge < -0.3 is 10.0 Å². The van der Waals surface area contributed by atoms with Gasteiger partial charge in [0.1, 0.15) is 0 Å². The molecule has 0 radical (unpaired) electrons. The predicted molar refractivity (Wildman–Crippen MR) is 122 cm³/mol. The van der Waals surface area contributed by atoms with E-state index in [9.17, 15) is 19.5 Å². The normalized spacial score (nSPS) is 17.1. The molecule has 1 N–H and O–H groups in total. The van der Waals surface area contributed by atoms with Crippen molar-refractivity contribution in [1.82, 2.24) is 0 Å². The molecular formula is C26H31NO4. The van der Waals surface area contributed by atoms with Crippen LogP contribution < -0.4 is 4.90 Å². The van der Waals surface area contributed by atoms with Crippen LogP contribution in [0.25, 0.3) is 0 Å². The second-order valence-corrected chi connectivity index (χ2v) is 8.79. The Kier molecular flexibility index (Phi) is 6.94. The smallest absolute Gasteiger partial charge is 0.307 e. The predicted octanol–water partition coefficient (Wildman–Crippen LogP) is 4.89. The van der Waals surface area contributed by atoms with Crippen LogP contribution in [0.2, 0.25) is 0 Å². The van der Waals surface area contributed by atoms with Crippen molar-refractivity contribution >= 4 is 23.3 Å². The van der Waals surface area contributed by atoms with Gasteiger partial charge >= 0.3 is 5.97 Å². The number of hydrogen-bond donors (Lipinski definition) is 1. The van der Waals surface area contributed by atoms with E-state index in [1.165, 1.54) is 0 Å². The molecule has 2 unspecified atom stereocenters. The molecule has 2 atom stereocenters. The Bertz CT molecular complexity index is 970. The first kappa shape index (κ1) is 22.7. The van der Waals surface area contributed by atoms with E-state index in [4.69, 9.17) is 0 Å². The number of carbonyl (C=O) groups is 3. The first-order chi connectivity index (χ1) is 14.7. The topological polar surface area (TPSA) is 74.7 Å². The fourth-order valence-electron chi connectivity index (χ4n) is 4.59. The van der Waals surface area contributed by atoms with E-state index in [1.807, 2.05) is 57.2 Å². The number of aliphatic carboxylic acids is 1. The van der Waals surface area contributed by atoms with Crippen molar-refractivity contribution in [3.8, 4) is 0 Å². The number of anilines is 1. The highest BCUT2D eigenvalue weighted by molar-refractivity contribution is 6.00. The summed E-state index contributed by atoms with van der Waals surface area (Å²) < 4.78 is 0. The second kappa shape index (κ2) is 9.46. The summed E-state index contributed by atoms with van der Waals surface area (Å²) in [6.07, 6.45) is 1.80. The second-order valence-electron chi connectivity index (χ2n) is 8.79.